The summed E-state index contributed by atoms with van der Waals surface area (Å²) in [5.41, 5.74) is 0. The molecule has 1 fully saturated rings. The summed E-state index contributed by atoms with van der Waals surface area (Å²) in [7, 11) is -2.15. The number of nitrogens with zero attached hydrogens (tertiary/aromatic N) is 2. The first kappa shape index (κ1) is 23.1. The van der Waals surface area contributed by atoms with Crippen molar-refractivity contribution < 1.29 is 17.3 Å². The van der Waals surface area contributed by atoms with Gasteiger partial charge in [0.1, 0.15) is 0 Å². The van der Waals surface area contributed by atoms with Crippen molar-refractivity contribution in [1.29, 1.82) is 0 Å². The molecule has 26 heavy (non-hydrogen) atoms. The fourth-order valence-electron chi connectivity index (χ4n) is 2.63. The van der Waals surface area contributed by atoms with Crippen molar-refractivity contribution in [3.63, 3.8) is 0 Å². The number of hydrogen-bond donors (Lipinski definition) is 0. The van der Waals surface area contributed by atoms with Gasteiger partial charge in [-0.2, -0.15) is 8.42 Å². The third kappa shape index (κ3) is 11.7. The molecule has 0 N–H and O–H groups in total. The Kier molecular flexibility index (Phi) is 12.6. The SMILES string of the molecule is [CH]CCCC/C=C/CC=COCCN1CCN(CCS(=O)(=O)OC)CC1. The lowest BCUT2D eigenvalue weighted by Gasteiger charge is -2.34. The van der Waals surface area contributed by atoms with E-state index in [4.69, 9.17) is 11.7 Å². The Morgan fingerprint density at radius 2 is 1.69 bits per heavy atom. The zero-order valence-corrected chi connectivity index (χ0v) is 16.8. The molecule has 0 saturated carbocycles. The number of rotatable bonds is 14. The third-order valence-electron chi connectivity index (χ3n) is 4.36. The van der Waals surface area contributed by atoms with Gasteiger partial charge >= 0.3 is 0 Å². The van der Waals surface area contributed by atoms with Crippen LogP contribution < -0.4 is 0 Å². The summed E-state index contributed by atoms with van der Waals surface area (Å²) in [4.78, 5) is 4.50. The van der Waals surface area contributed by atoms with Crippen molar-refractivity contribution >= 4 is 10.1 Å². The van der Waals surface area contributed by atoms with Crippen LogP contribution in [0.3, 0.4) is 0 Å². The molecule has 1 aliphatic rings. The topological polar surface area (TPSA) is 59.1 Å². The van der Waals surface area contributed by atoms with E-state index in [0.717, 1.165) is 64.8 Å². The molecule has 1 rings (SSSR count). The highest BCUT2D eigenvalue weighted by Gasteiger charge is 2.18. The molecule has 150 valence electrons. The van der Waals surface area contributed by atoms with Crippen molar-refractivity contribution in [3.05, 3.63) is 31.4 Å². The molecule has 0 spiro atoms. The van der Waals surface area contributed by atoms with E-state index in [1.165, 1.54) is 7.11 Å². The van der Waals surface area contributed by atoms with Gasteiger partial charge in [-0.15, -0.1) is 0 Å². The molecule has 0 aromatic carbocycles. The van der Waals surface area contributed by atoms with Crippen molar-refractivity contribution in [2.75, 3.05) is 58.7 Å². The van der Waals surface area contributed by atoms with E-state index >= 15 is 0 Å². The molecule has 0 aliphatic carbocycles. The van der Waals surface area contributed by atoms with E-state index in [9.17, 15) is 8.42 Å². The Balaban J connectivity index is 2.00. The van der Waals surface area contributed by atoms with E-state index in [1.54, 1.807) is 6.26 Å². The van der Waals surface area contributed by atoms with Crippen molar-refractivity contribution in [3.8, 4) is 0 Å². The molecule has 6 nitrogen and oxygen atoms in total. The predicted octanol–water partition coefficient (Wildman–Crippen LogP) is 2.33. The molecule has 1 heterocycles. The number of unbranched alkanes of at least 4 members (excludes halogenated alkanes) is 3. The van der Waals surface area contributed by atoms with E-state index in [2.05, 4.69) is 26.1 Å². The highest BCUT2D eigenvalue weighted by atomic mass is 32.2. The number of allylic oxidation sites excluding steroid dienone is 3. The van der Waals surface area contributed by atoms with Crippen molar-refractivity contribution in [2.24, 2.45) is 0 Å². The van der Waals surface area contributed by atoms with Crippen molar-refractivity contribution in [1.82, 2.24) is 9.80 Å². The normalized spacial score (nSPS) is 17.5. The first-order chi connectivity index (χ1) is 12.6. The summed E-state index contributed by atoms with van der Waals surface area (Å²) < 4.78 is 32.7. The second kappa shape index (κ2) is 14.2. The van der Waals surface area contributed by atoms with Gasteiger partial charge in [-0.25, -0.2) is 0 Å². The third-order valence-corrected chi connectivity index (χ3v) is 5.55. The minimum atomic E-state index is -3.36. The van der Waals surface area contributed by atoms with Crippen LogP contribution in [0.5, 0.6) is 0 Å². The predicted molar refractivity (Wildman–Crippen MR) is 105 cm³/mol. The van der Waals surface area contributed by atoms with Gasteiger partial charge in [-0.3, -0.25) is 14.0 Å². The lowest BCUT2D eigenvalue weighted by molar-refractivity contribution is 0.111. The van der Waals surface area contributed by atoms with E-state index in [1.807, 2.05) is 6.08 Å². The lowest BCUT2D eigenvalue weighted by atomic mass is 10.2. The smallest absolute Gasteiger partial charge is 0.268 e. The van der Waals surface area contributed by atoms with E-state index in [0.29, 0.717) is 13.2 Å². The zero-order valence-electron chi connectivity index (χ0n) is 16.0. The molecular weight excluding hydrogens is 352 g/mol. The maximum absolute atomic E-state index is 11.3. The molecule has 0 aromatic heterocycles. The fraction of sp³-hybridized carbons (Fsp3) is 0.737. The molecule has 1 aliphatic heterocycles. The summed E-state index contributed by atoms with van der Waals surface area (Å²) in [5, 5.41) is 0. The summed E-state index contributed by atoms with van der Waals surface area (Å²) >= 11 is 0. The van der Waals surface area contributed by atoms with Crippen LogP contribution in [0.1, 0.15) is 32.1 Å². The highest BCUT2D eigenvalue weighted by Crippen LogP contribution is 2.03. The molecule has 0 amide bonds. The Labute approximate surface area is 160 Å². The second-order valence-corrected chi connectivity index (χ2v) is 8.20. The molecule has 2 radical (unpaired) electrons. The average molecular weight is 387 g/mol. The lowest BCUT2D eigenvalue weighted by Crippen LogP contribution is -2.48. The van der Waals surface area contributed by atoms with Gasteiger partial charge in [0, 0.05) is 39.3 Å². The summed E-state index contributed by atoms with van der Waals surface area (Å²) in [6.07, 6.45) is 13.1. The Morgan fingerprint density at radius 1 is 1.00 bits per heavy atom. The Bertz CT molecular complexity index is 498. The monoisotopic (exact) mass is 386 g/mol. The molecule has 0 bridgehead atoms. The maximum Gasteiger partial charge on any atom is 0.268 e. The van der Waals surface area contributed by atoms with Gasteiger partial charge in [-0.05, 0) is 38.7 Å². The number of piperazine rings is 1. The van der Waals surface area contributed by atoms with Crippen LogP contribution in [0.15, 0.2) is 24.5 Å². The number of ether oxygens (including phenoxy) is 1. The van der Waals surface area contributed by atoms with E-state index in [-0.39, 0.29) is 5.75 Å². The van der Waals surface area contributed by atoms with Crippen LogP contribution >= 0.6 is 0 Å². The fourth-order valence-corrected chi connectivity index (χ4v) is 3.28. The largest absolute Gasteiger partial charge is 0.500 e. The van der Waals surface area contributed by atoms with Gasteiger partial charge in [0.25, 0.3) is 10.1 Å². The van der Waals surface area contributed by atoms with Gasteiger partial charge in [-0.1, -0.05) is 18.6 Å². The summed E-state index contributed by atoms with van der Waals surface area (Å²) in [5.74, 6) is 0.0544. The number of hydrogen-bond acceptors (Lipinski definition) is 6. The second-order valence-electron chi connectivity index (χ2n) is 6.35. The van der Waals surface area contributed by atoms with E-state index < -0.39 is 10.1 Å². The molecule has 0 aromatic rings. The zero-order chi connectivity index (χ0) is 19.1. The minimum absolute atomic E-state index is 0.0544. The first-order valence-electron chi connectivity index (χ1n) is 9.42. The van der Waals surface area contributed by atoms with Gasteiger partial charge in [0.2, 0.25) is 0 Å². The minimum Gasteiger partial charge on any atom is -0.500 e. The molecule has 1 saturated heterocycles. The first-order valence-corrected chi connectivity index (χ1v) is 11.0. The summed E-state index contributed by atoms with van der Waals surface area (Å²) in [6, 6.07) is 0. The average Bonchev–Trinajstić information content (AvgIpc) is 2.65. The molecular formula is C19H34N2O4S. The molecule has 0 atom stereocenters. The van der Waals surface area contributed by atoms with Crippen LogP contribution in [-0.2, 0) is 19.0 Å². The van der Waals surface area contributed by atoms with Crippen LogP contribution in [0.2, 0.25) is 0 Å². The standard InChI is InChI=1S/C19H34N2O4S/c1-3-4-5-6-7-8-9-10-17-25-18-15-20-11-13-21(14-12-20)16-19-26(22,23)24-2/h1,7-8,10,17H,3-6,9,11-16,18-19H2,2H3/b8-7+,17-10?. The maximum atomic E-state index is 11.3. The quantitative estimate of drug-likeness (QED) is 0.198. The van der Waals surface area contributed by atoms with Crippen LogP contribution in [0.25, 0.3) is 0 Å². The van der Waals surface area contributed by atoms with Crippen LogP contribution in [0.4, 0.5) is 0 Å². The Morgan fingerprint density at radius 3 is 2.35 bits per heavy atom. The Hall–Kier alpha value is -0.890. The highest BCUT2D eigenvalue weighted by molar-refractivity contribution is 7.86. The molecule has 7 heteroatoms. The van der Waals surface area contributed by atoms with Gasteiger partial charge in [0.05, 0.1) is 25.7 Å². The molecule has 0 unspecified atom stereocenters. The van der Waals surface area contributed by atoms with Crippen molar-refractivity contribution in [2.45, 2.75) is 32.1 Å². The summed E-state index contributed by atoms with van der Waals surface area (Å²) in [6.45, 7) is 11.2. The van der Waals surface area contributed by atoms with Crippen LogP contribution in [-0.4, -0.2) is 77.0 Å². The van der Waals surface area contributed by atoms with Gasteiger partial charge < -0.3 is 4.74 Å². The van der Waals surface area contributed by atoms with Gasteiger partial charge in [0.15, 0.2) is 0 Å². The van der Waals surface area contributed by atoms with Crippen LogP contribution in [0, 0.1) is 6.92 Å².